The number of non-ortho nitro benzene ring substituents is 1. The summed E-state index contributed by atoms with van der Waals surface area (Å²) in [6.07, 6.45) is 0.705. The summed E-state index contributed by atoms with van der Waals surface area (Å²) in [4.78, 5) is 57.2. The number of aromatic nitrogens is 1. The molecule has 8 rings (SSSR count). The molecule has 3 aromatic carbocycles. The number of benzene rings is 3. The number of nitrogens with zero attached hydrogens (tertiary/aromatic N) is 2. The lowest BCUT2D eigenvalue weighted by Crippen LogP contribution is -2.42. The van der Waals surface area contributed by atoms with Gasteiger partial charge in [-0.05, 0) is 60.1 Å². The van der Waals surface area contributed by atoms with Crippen molar-refractivity contribution in [1.29, 1.82) is 0 Å². The van der Waals surface area contributed by atoms with Crippen LogP contribution in [0.3, 0.4) is 0 Å². The lowest BCUT2D eigenvalue weighted by Gasteiger charge is -2.43. The predicted octanol–water partition coefficient (Wildman–Crippen LogP) is 5.61. The number of nitro groups is 1. The lowest BCUT2D eigenvalue weighted by atomic mass is 9.68. The predicted molar refractivity (Wildman–Crippen MR) is 168 cm³/mol. The number of rotatable bonds is 7. The van der Waals surface area contributed by atoms with Crippen molar-refractivity contribution < 1.29 is 24.0 Å². The van der Waals surface area contributed by atoms with Gasteiger partial charge in [0.2, 0.25) is 11.8 Å². The zero-order valence-corrected chi connectivity index (χ0v) is 25.6. The summed E-state index contributed by atoms with van der Waals surface area (Å²) in [6.45, 7) is 0.262. The van der Waals surface area contributed by atoms with Gasteiger partial charge in [0, 0.05) is 33.7 Å². The Morgan fingerprint density at radius 3 is 2.42 bits per heavy atom. The fourth-order valence-corrected chi connectivity index (χ4v) is 11.0. The summed E-state index contributed by atoms with van der Waals surface area (Å²) < 4.78 is 11.6. The van der Waals surface area contributed by atoms with Crippen molar-refractivity contribution in [1.82, 2.24) is 4.98 Å². The van der Waals surface area contributed by atoms with Gasteiger partial charge in [0.25, 0.3) is 5.69 Å². The first-order chi connectivity index (χ1) is 21.8. The van der Waals surface area contributed by atoms with Gasteiger partial charge in [0.15, 0.2) is 0 Å². The van der Waals surface area contributed by atoms with E-state index in [9.17, 15) is 24.5 Å². The van der Waals surface area contributed by atoms with Gasteiger partial charge < -0.3 is 14.5 Å². The van der Waals surface area contributed by atoms with Crippen LogP contribution in [-0.2, 0) is 16.2 Å². The summed E-state index contributed by atoms with van der Waals surface area (Å²) in [5.74, 6) is -1.00. The van der Waals surface area contributed by atoms with Crippen LogP contribution in [0.15, 0.2) is 82.6 Å². The van der Waals surface area contributed by atoms with E-state index in [1.165, 1.54) is 11.0 Å². The number of ether oxygens (including phenoxy) is 2. The Morgan fingerprint density at radius 1 is 0.978 bits per heavy atom. The van der Waals surface area contributed by atoms with Crippen molar-refractivity contribution in [2.75, 3.05) is 12.0 Å². The SMILES string of the molecule is COc1ccc(N2C(=O)C3C(C2=O)[C@@H]2C[C@H]3C3Sc4[nH]c(=O)sc4C(c4cc([N+](=O)[O-])ccc4OCc4ccccc4)C32)cc1. The average Bonchev–Trinajstić information content (AvgIpc) is 3.79. The van der Waals surface area contributed by atoms with Crippen LogP contribution in [0.4, 0.5) is 11.4 Å². The molecule has 2 aliphatic carbocycles. The van der Waals surface area contributed by atoms with E-state index in [-0.39, 0.29) is 52.0 Å². The highest BCUT2D eigenvalue weighted by molar-refractivity contribution is 8.00. The van der Waals surface area contributed by atoms with Gasteiger partial charge in [-0.3, -0.25) is 29.4 Å². The molecule has 0 radical (unpaired) electrons. The number of thiazole rings is 1. The number of anilines is 1. The quantitative estimate of drug-likeness (QED) is 0.157. The van der Waals surface area contributed by atoms with Gasteiger partial charge >= 0.3 is 4.87 Å². The molecule has 0 spiro atoms. The van der Waals surface area contributed by atoms with Crippen molar-refractivity contribution in [2.45, 2.75) is 29.2 Å². The van der Waals surface area contributed by atoms with E-state index < -0.39 is 22.7 Å². The maximum atomic E-state index is 14.1. The summed E-state index contributed by atoms with van der Waals surface area (Å²) in [5.41, 5.74) is 2.02. The van der Waals surface area contributed by atoms with E-state index in [1.54, 1.807) is 55.3 Å². The summed E-state index contributed by atoms with van der Waals surface area (Å²) in [6, 6.07) is 21.2. The van der Waals surface area contributed by atoms with Crippen LogP contribution in [0.25, 0.3) is 0 Å². The number of hydrogen-bond donors (Lipinski definition) is 1. The molecule has 2 saturated carbocycles. The molecule has 10 nitrogen and oxygen atoms in total. The van der Waals surface area contributed by atoms with Crippen LogP contribution in [0.1, 0.15) is 28.3 Å². The standard InChI is InChI=1S/C33H27N3O7S2/c1-42-19-10-7-17(8-11-19)35-31(37)26-21-14-22(27(26)32(35)38)28-25(21)24(29-30(44-28)34-33(39)45-29)20-13-18(36(40)41)9-12-23(20)43-15-16-5-3-2-4-6-16/h2-13,21-22,24-28H,14-15H2,1H3,(H,34,39)/t21-,22-,24?,25?,26?,27?,28?/m1/s1. The number of thioether (sulfide) groups is 1. The molecule has 12 heteroatoms. The molecule has 5 unspecified atom stereocenters. The number of fused-ring (bicyclic) bond motifs is 9. The van der Waals surface area contributed by atoms with Gasteiger partial charge in [0.05, 0.1) is 34.6 Å². The Kier molecular flexibility index (Phi) is 6.61. The first kappa shape index (κ1) is 28.1. The lowest BCUT2D eigenvalue weighted by molar-refractivity contribution is -0.385. The van der Waals surface area contributed by atoms with Gasteiger partial charge in [0.1, 0.15) is 18.1 Å². The highest BCUT2D eigenvalue weighted by Crippen LogP contribution is 2.69. The van der Waals surface area contributed by atoms with Gasteiger partial charge in [-0.25, -0.2) is 0 Å². The Balaban J connectivity index is 1.21. The number of amides is 2. The van der Waals surface area contributed by atoms with Crippen LogP contribution in [0.2, 0.25) is 0 Å². The van der Waals surface area contributed by atoms with Crippen molar-refractivity contribution >= 4 is 46.3 Å². The number of imide groups is 1. The number of carbonyl (C=O) groups excluding carboxylic acids is 2. The third-order valence-electron chi connectivity index (χ3n) is 9.83. The Labute approximate surface area is 265 Å². The van der Waals surface area contributed by atoms with E-state index in [4.69, 9.17) is 9.47 Å². The first-order valence-electron chi connectivity index (χ1n) is 14.7. The summed E-state index contributed by atoms with van der Waals surface area (Å²) >= 11 is 2.68. The minimum Gasteiger partial charge on any atom is -0.497 e. The van der Waals surface area contributed by atoms with E-state index >= 15 is 0 Å². The van der Waals surface area contributed by atoms with Crippen molar-refractivity contribution in [3.63, 3.8) is 0 Å². The van der Waals surface area contributed by atoms with Gasteiger partial charge in [-0.15, -0.1) is 11.8 Å². The Bertz CT molecular complexity index is 1910. The number of methoxy groups -OCH3 is 1. The second kappa shape index (κ2) is 10.6. The van der Waals surface area contributed by atoms with E-state index in [0.717, 1.165) is 26.8 Å². The van der Waals surface area contributed by atoms with E-state index in [0.29, 0.717) is 29.2 Å². The monoisotopic (exact) mass is 641 g/mol. The summed E-state index contributed by atoms with van der Waals surface area (Å²) in [5, 5.41) is 12.6. The zero-order chi connectivity index (χ0) is 31.0. The molecule has 2 bridgehead atoms. The molecular formula is C33H27N3O7S2. The molecule has 1 N–H and O–H groups in total. The zero-order valence-electron chi connectivity index (χ0n) is 24.0. The largest absolute Gasteiger partial charge is 0.497 e. The fourth-order valence-electron chi connectivity index (χ4n) is 8.11. The second-order valence-corrected chi connectivity index (χ2v) is 14.1. The minimum absolute atomic E-state index is 0.0622. The van der Waals surface area contributed by atoms with Crippen LogP contribution in [0, 0.1) is 39.7 Å². The Morgan fingerprint density at radius 2 is 1.71 bits per heavy atom. The number of nitro benzene ring substituents is 1. The molecule has 2 aliphatic heterocycles. The molecule has 1 aromatic heterocycles. The molecule has 3 fully saturated rings. The van der Waals surface area contributed by atoms with Crippen LogP contribution < -0.4 is 19.2 Å². The third kappa shape index (κ3) is 4.33. The highest BCUT2D eigenvalue weighted by Gasteiger charge is 2.70. The van der Waals surface area contributed by atoms with Crippen molar-refractivity contribution in [3.8, 4) is 11.5 Å². The first-order valence-corrected chi connectivity index (χ1v) is 16.4. The molecule has 4 aliphatic rings. The number of H-pyrrole nitrogens is 1. The second-order valence-electron chi connectivity index (χ2n) is 11.9. The molecule has 228 valence electrons. The molecule has 7 atom stereocenters. The number of carbonyl (C=O) groups is 2. The molecule has 45 heavy (non-hydrogen) atoms. The third-order valence-corrected chi connectivity index (χ3v) is 12.4. The smallest absolute Gasteiger partial charge is 0.305 e. The molecule has 1 saturated heterocycles. The van der Waals surface area contributed by atoms with Crippen molar-refractivity contribution in [3.05, 3.63) is 109 Å². The molecular weight excluding hydrogens is 615 g/mol. The minimum atomic E-state index is -0.501. The number of nitrogens with one attached hydrogen (secondary N) is 1. The van der Waals surface area contributed by atoms with Crippen LogP contribution in [-0.4, -0.2) is 34.1 Å². The normalized spacial score (nSPS) is 27.7. The topological polar surface area (TPSA) is 132 Å². The number of hydrogen-bond acceptors (Lipinski definition) is 9. The van der Waals surface area contributed by atoms with Crippen LogP contribution >= 0.6 is 23.1 Å². The van der Waals surface area contributed by atoms with Gasteiger partial charge in [-0.2, -0.15) is 0 Å². The molecule has 2 amide bonds. The van der Waals surface area contributed by atoms with E-state index in [2.05, 4.69) is 4.98 Å². The number of aromatic amines is 1. The Hall–Kier alpha value is -4.42. The molecule has 4 aromatic rings. The summed E-state index contributed by atoms with van der Waals surface area (Å²) in [7, 11) is 1.56. The maximum Gasteiger partial charge on any atom is 0.305 e. The fraction of sp³-hybridized carbons (Fsp3) is 0.303. The van der Waals surface area contributed by atoms with E-state index in [1.807, 2.05) is 30.3 Å². The molecule has 3 heterocycles. The highest BCUT2D eigenvalue weighted by atomic mass is 32.2. The van der Waals surface area contributed by atoms with Crippen LogP contribution in [0.5, 0.6) is 11.5 Å². The average molecular weight is 642 g/mol. The van der Waals surface area contributed by atoms with Gasteiger partial charge in [-0.1, -0.05) is 41.7 Å². The maximum absolute atomic E-state index is 14.1. The van der Waals surface area contributed by atoms with Crippen molar-refractivity contribution in [2.24, 2.45) is 29.6 Å².